The molecule has 2 aliphatic carbocycles. The van der Waals surface area contributed by atoms with Crippen molar-refractivity contribution in [1.29, 1.82) is 0 Å². The lowest BCUT2D eigenvalue weighted by molar-refractivity contribution is 0.318. The Kier molecular flexibility index (Phi) is 3.83. The van der Waals surface area contributed by atoms with E-state index in [1.165, 1.54) is 25.7 Å². The number of rotatable bonds is 4. The van der Waals surface area contributed by atoms with Crippen molar-refractivity contribution >= 4 is 23.2 Å². The van der Waals surface area contributed by atoms with E-state index in [0.717, 1.165) is 46.5 Å². The molecule has 1 aromatic rings. The minimum atomic E-state index is 0.767. The van der Waals surface area contributed by atoms with Crippen molar-refractivity contribution in [3.63, 3.8) is 0 Å². The first kappa shape index (κ1) is 12.8. The Bertz CT molecular complexity index is 412. The summed E-state index contributed by atoms with van der Waals surface area (Å²) in [5.41, 5.74) is 1.03. The molecule has 3 atom stereocenters. The van der Waals surface area contributed by atoms with E-state index in [0.29, 0.717) is 0 Å². The van der Waals surface area contributed by atoms with Crippen LogP contribution in [0.2, 0.25) is 10.0 Å². The molecular weight excluding hydrogens is 265 g/mol. The summed E-state index contributed by atoms with van der Waals surface area (Å²) in [6.45, 7) is 1.90. The zero-order valence-corrected chi connectivity index (χ0v) is 12.0. The first-order valence-electron chi connectivity index (χ1n) is 6.87. The van der Waals surface area contributed by atoms with Gasteiger partial charge in [-0.05, 0) is 55.7 Å². The molecule has 18 heavy (non-hydrogen) atoms. The third kappa shape index (κ3) is 2.54. The Hall–Kier alpha value is -0.240. The Balaban J connectivity index is 1.53. The molecule has 1 aromatic carbocycles. The maximum absolute atomic E-state index is 6.16. The third-order valence-corrected chi connectivity index (χ3v) is 5.36. The smallest absolute Gasteiger partial charge is 0.0465 e. The number of hydrogen-bond donors (Lipinski definition) is 1. The summed E-state index contributed by atoms with van der Waals surface area (Å²) in [6, 6.07) is 5.70. The lowest BCUT2D eigenvalue weighted by Gasteiger charge is -2.22. The van der Waals surface area contributed by atoms with Gasteiger partial charge in [-0.2, -0.15) is 0 Å². The van der Waals surface area contributed by atoms with Crippen LogP contribution in [0.5, 0.6) is 0 Å². The molecule has 0 aliphatic heterocycles. The third-order valence-electron chi connectivity index (χ3n) is 4.65. The number of nitrogens with one attached hydrogen (secondary N) is 1. The quantitative estimate of drug-likeness (QED) is 0.857. The largest absolute Gasteiger partial charge is 0.312 e. The molecule has 0 spiro atoms. The first-order chi connectivity index (χ1) is 8.74. The number of fused-ring (bicyclic) bond motifs is 2. The molecular formula is C15H19Cl2N. The van der Waals surface area contributed by atoms with Crippen molar-refractivity contribution in [3.05, 3.63) is 33.8 Å². The molecule has 1 nitrogen and oxygen atoms in total. The average molecular weight is 284 g/mol. The second-order valence-corrected chi connectivity index (χ2v) is 6.58. The summed E-state index contributed by atoms with van der Waals surface area (Å²) < 4.78 is 0. The summed E-state index contributed by atoms with van der Waals surface area (Å²) in [7, 11) is 0. The van der Waals surface area contributed by atoms with Crippen LogP contribution in [0.15, 0.2) is 18.2 Å². The van der Waals surface area contributed by atoms with Gasteiger partial charge in [-0.25, -0.2) is 0 Å². The van der Waals surface area contributed by atoms with E-state index in [9.17, 15) is 0 Å². The van der Waals surface area contributed by atoms with E-state index in [1.54, 1.807) is 0 Å². The fraction of sp³-hybridized carbons (Fsp3) is 0.600. The van der Waals surface area contributed by atoms with Gasteiger partial charge in [0.05, 0.1) is 0 Å². The van der Waals surface area contributed by atoms with Crippen molar-refractivity contribution in [2.24, 2.45) is 17.8 Å². The zero-order valence-electron chi connectivity index (χ0n) is 10.5. The molecule has 3 rings (SSSR count). The molecule has 0 amide bonds. The van der Waals surface area contributed by atoms with Gasteiger partial charge < -0.3 is 5.32 Å². The van der Waals surface area contributed by atoms with Crippen LogP contribution >= 0.6 is 23.2 Å². The number of hydrogen-bond acceptors (Lipinski definition) is 1. The van der Waals surface area contributed by atoms with Crippen LogP contribution < -0.4 is 5.32 Å². The second-order valence-electron chi connectivity index (χ2n) is 5.77. The van der Waals surface area contributed by atoms with Crippen molar-refractivity contribution < 1.29 is 0 Å². The number of benzene rings is 1. The predicted octanol–water partition coefficient (Wildman–Crippen LogP) is 4.52. The molecule has 0 saturated heterocycles. The van der Waals surface area contributed by atoms with Crippen LogP contribution in [0.1, 0.15) is 31.2 Å². The molecule has 2 aliphatic rings. The van der Waals surface area contributed by atoms with E-state index < -0.39 is 0 Å². The standard InChI is InChI=1S/C15H19Cl2N/c16-14-2-1-3-15(17)13(14)9-18-8-12-7-10-4-5-11(12)6-10/h1-3,10-12,18H,4-9H2. The molecule has 0 radical (unpaired) electrons. The first-order valence-corrected chi connectivity index (χ1v) is 7.63. The van der Waals surface area contributed by atoms with Crippen molar-refractivity contribution in [1.82, 2.24) is 5.32 Å². The molecule has 0 aromatic heterocycles. The maximum atomic E-state index is 6.16. The highest BCUT2D eigenvalue weighted by molar-refractivity contribution is 6.35. The molecule has 2 bridgehead atoms. The zero-order chi connectivity index (χ0) is 12.5. The van der Waals surface area contributed by atoms with Gasteiger partial charge in [-0.1, -0.05) is 35.7 Å². The van der Waals surface area contributed by atoms with Gasteiger partial charge in [0.2, 0.25) is 0 Å². The van der Waals surface area contributed by atoms with Crippen LogP contribution in [-0.2, 0) is 6.54 Å². The second kappa shape index (κ2) is 5.40. The minimum absolute atomic E-state index is 0.767. The highest BCUT2D eigenvalue weighted by atomic mass is 35.5. The monoisotopic (exact) mass is 283 g/mol. The summed E-state index contributed by atoms with van der Waals surface area (Å²) in [4.78, 5) is 0. The van der Waals surface area contributed by atoms with Gasteiger partial charge in [0.15, 0.2) is 0 Å². The van der Waals surface area contributed by atoms with Gasteiger partial charge in [-0.3, -0.25) is 0 Å². The fourth-order valence-electron chi connectivity index (χ4n) is 3.71. The van der Waals surface area contributed by atoms with Crippen LogP contribution in [0.4, 0.5) is 0 Å². The number of halogens is 2. The predicted molar refractivity (Wildman–Crippen MR) is 77.1 cm³/mol. The van der Waals surface area contributed by atoms with Gasteiger partial charge in [0.1, 0.15) is 0 Å². The van der Waals surface area contributed by atoms with Gasteiger partial charge in [0.25, 0.3) is 0 Å². The van der Waals surface area contributed by atoms with Crippen LogP contribution in [-0.4, -0.2) is 6.54 Å². The van der Waals surface area contributed by atoms with Crippen molar-refractivity contribution in [2.75, 3.05) is 6.54 Å². The van der Waals surface area contributed by atoms with Crippen LogP contribution in [0.25, 0.3) is 0 Å². The highest BCUT2D eigenvalue weighted by Crippen LogP contribution is 2.47. The molecule has 2 saturated carbocycles. The molecule has 2 fully saturated rings. The summed E-state index contributed by atoms with van der Waals surface area (Å²) in [5, 5.41) is 5.07. The van der Waals surface area contributed by atoms with Crippen LogP contribution in [0, 0.1) is 17.8 Å². The van der Waals surface area contributed by atoms with E-state index in [2.05, 4.69) is 5.32 Å². The molecule has 3 heteroatoms. The Morgan fingerprint density at radius 3 is 2.50 bits per heavy atom. The minimum Gasteiger partial charge on any atom is -0.312 e. The van der Waals surface area contributed by atoms with Gasteiger partial charge in [-0.15, -0.1) is 0 Å². The topological polar surface area (TPSA) is 12.0 Å². The molecule has 3 unspecified atom stereocenters. The summed E-state index contributed by atoms with van der Waals surface area (Å²) >= 11 is 12.3. The van der Waals surface area contributed by atoms with Crippen molar-refractivity contribution in [3.8, 4) is 0 Å². The van der Waals surface area contributed by atoms with E-state index >= 15 is 0 Å². The molecule has 1 N–H and O–H groups in total. The Morgan fingerprint density at radius 2 is 1.89 bits per heavy atom. The Morgan fingerprint density at radius 1 is 1.11 bits per heavy atom. The average Bonchev–Trinajstić information content (AvgIpc) is 2.95. The van der Waals surface area contributed by atoms with E-state index in [-0.39, 0.29) is 0 Å². The molecule has 0 heterocycles. The maximum Gasteiger partial charge on any atom is 0.0465 e. The van der Waals surface area contributed by atoms with E-state index in [4.69, 9.17) is 23.2 Å². The van der Waals surface area contributed by atoms with Gasteiger partial charge in [0, 0.05) is 22.2 Å². The lowest BCUT2D eigenvalue weighted by atomic mass is 9.89. The fourth-order valence-corrected chi connectivity index (χ4v) is 4.24. The van der Waals surface area contributed by atoms with Crippen LogP contribution in [0.3, 0.4) is 0 Å². The molecule has 98 valence electrons. The Labute approximate surface area is 119 Å². The highest BCUT2D eigenvalue weighted by Gasteiger charge is 2.38. The van der Waals surface area contributed by atoms with E-state index in [1.807, 2.05) is 18.2 Å². The van der Waals surface area contributed by atoms with Crippen molar-refractivity contribution in [2.45, 2.75) is 32.2 Å². The van der Waals surface area contributed by atoms with Gasteiger partial charge >= 0.3 is 0 Å². The summed E-state index contributed by atoms with van der Waals surface area (Å²) in [6.07, 6.45) is 5.81. The summed E-state index contributed by atoms with van der Waals surface area (Å²) in [5.74, 6) is 2.87. The SMILES string of the molecule is Clc1cccc(Cl)c1CNCC1CC2CCC1C2. The lowest BCUT2D eigenvalue weighted by Crippen LogP contribution is -2.26. The normalized spacial score (nSPS) is 30.0.